The maximum atomic E-state index is 12.7. The van der Waals surface area contributed by atoms with Crippen LogP contribution >= 0.6 is 0 Å². The molecule has 88 valence electrons. The Morgan fingerprint density at radius 3 is 2.38 bits per heavy atom. The minimum absolute atomic E-state index is 0.193. The van der Waals surface area contributed by atoms with E-state index in [0.717, 1.165) is 25.2 Å². The predicted molar refractivity (Wildman–Crippen MR) is 61.5 cm³/mol. The van der Waals surface area contributed by atoms with Crippen molar-refractivity contribution in [3.05, 3.63) is 35.6 Å². The molecule has 0 unspecified atom stereocenters. The predicted octanol–water partition coefficient (Wildman–Crippen LogP) is 2.03. The van der Waals surface area contributed by atoms with E-state index in [1.807, 2.05) is 26.0 Å². The summed E-state index contributed by atoms with van der Waals surface area (Å²) >= 11 is 0. The summed E-state index contributed by atoms with van der Waals surface area (Å²) in [4.78, 5) is 2.26. The van der Waals surface area contributed by atoms with Gasteiger partial charge in [-0.2, -0.15) is 0 Å². The molecule has 0 spiro atoms. The van der Waals surface area contributed by atoms with E-state index in [1.165, 1.54) is 12.1 Å². The Morgan fingerprint density at radius 2 is 1.88 bits per heavy atom. The third-order valence-corrected chi connectivity index (χ3v) is 3.28. The molecule has 2 nitrogen and oxygen atoms in total. The van der Waals surface area contributed by atoms with Gasteiger partial charge in [0.05, 0.1) is 5.60 Å². The van der Waals surface area contributed by atoms with Crippen LogP contribution in [0.2, 0.25) is 0 Å². The number of aliphatic hydroxyl groups is 1. The molecule has 0 bridgehead atoms. The second kappa shape index (κ2) is 4.15. The van der Waals surface area contributed by atoms with Crippen LogP contribution in [0.4, 0.5) is 4.39 Å². The molecule has 0 radical (unpaired) electrons. The SMILES string of the molecule is CC(C)(O)C1CN(Cc2ccc(F)cc2)C1. The summed E-state index contributed by atoms with van der Waals surface area (Å²) in [6, 6.07) is 6.60. The van der Waals surface area contributed by atoms with E-state index in [9.17, 15) is 9.50 Å². The fourth-order valence-electron chi connectivity index (χ4n) is 1.99. The topological polar surface area (TPSA) is 23.5 Å². The zero-order valence-corrected chi connectivity index (χ0v) is 9.78. The average Bonchev–Trinajstić information content (AvgIpc) is 2.11. The number of likely N-dealkylation sites (tertiary alicyclic amines) is 1. The van der Waals surface area contributed by atoms with Crippen LogP contribution in [-0.4, -0.2) is 28.7 Å². The van der Waals surface area contributed by atoms with Gasteiger partial charge in [0.15, 0.2) is 0 Å². The third kappa shape index (κ3) is 2.60. The maximum Gasteiger partial charge on any atom is 0.123 e. The standard InChI is InChI=1S/C13H18FNO/c1-13(2,16)11-8-15(9-11)7-10-3-5-12(14)6-4-10/h3-6,11,16H,7-9H2,1-2H3. The fourth-order valence-corrected chi connectivity index (χ4v) is 1.99. The van der Waals surface area contributed by atoms with Gasteiger partial charge in [0, 0.05) is 25.6 Å². The van der Waals surface area contributed by atoms with Crippen LogP contribution in [0, 0.1) is 11.7 Å². The van der Waals surface area contributed by atoms with Crippen molar-refractivity contribution in [2.45, 2.75) is 26.0 Å². The quantitative estimate of drug-likeness (QED) is 0.847. The Morgan fingerprint density at radius 1 is 1.31 bits per heavy atom. The van der Waals surface area contributed by atoms with Gasteiger partial charge >= 0.3 is 0 Å². The van der Waals surface area contributed by atoms with Gasteiger partial charge in [-0.25, -0.2) is 4.39 Å². The molecule has 0 amide bonds. The molecule has 1 saturated heterocycles. The minimum Gasteiger partial charge on any atom is -0.390 e. The molecule has 1 aliphatic rings. The summed E-state index contributed by atoms with van der Waals surface area (Å²) < 4.78 is 12.7. The Kier molecular flexibility index (Phi) is 3.00. The molecule has 1 aromatic carbocycles. The van der Waals surface area contributed by atoms with Gasteiger partial charge in [-0.1, -0.05) is 12.1 Å². The van der Waals surface area contributed by atoms with E-state index in [1.54, 1.807) is 0 Å². The highest BCUT2D eigenvalue weighted by atomic mass is 19.1. The molecule has 2 rings (SSSR count). The monoisotopic (exact) mass is 223 g/mol. The van der Waals surface area contributed by atoms with Gasteiger partial charge < -0.3 is 5.11 Å². The molecule has 16 heavy (non-hydrogen) atoms. The van der Waals surface area contributed by atoms with Crippen LogP contribution in [-0.2, 0) is 6.54 Å². The first-order chi connectivity index (χ1) is 7.45. The molecule has 0 aliphatic carbocycles. The molecule has 0 saturated carbocycles. The summed E-state index contributed by atoms with van der Waals surface area (Å²) in [7, 11) is 0. The summed E-state index contributed by atoms with van der Waals surface area (Å²) in [6.07, 6.45) is 0. The first kappa shape index (κ1) is 11.6. The Labute approximate surface area is 95.7 Å². The number of rotatable bonds is 3. The second-order valence-corrected chi connectivity index (χ2v) is 5.17. The van der Waals surface area contributed by atoms with E-state index in [2.05, 4.69) is 4.90 Å². The lowest BCUT2D eigenvalue weighted by atomic mass is 9.84. The zero-order valence-electron chi connectivity index (χ0n) is 9.78. The smallest absolute Gasteiger partial charge is 0.123 e. The molecule has 1 N–H and O–H groups in total. The number of nitrogens with zero attached hydrogens (tertiary/aromatic N) is 1. The lowest BCUT2D eigenvalue weighted by molar-refractivity contribution is -0.0647. The van der Waals surface area contributed by atoms with Gasteiger partial charge in [-0.3, -0.25) is 4.90 Å². The van der Waals surface area contributed by atoms with E-state index in [4.69, 9.17) is 0 Å². The molecule has 3 heteroatoms. The van der Waals surface area contributed by atoms with Crippen molar-refractivity contribution in [3.8, 4) is 0 Å². The summed E-state index contributed by atoms with van der Waals surface area (Å²) in [5.74, 6) is 0.162. The first-order valence-corrected chi connectivity index (χ1v) is 5.64. The van der Waals surface area contributed by atoms with Crippen molar-refractivity contribution in [1.29, 1.82) is 0 Å². The summed E-state index contributed by atoms with van der Waals surface area (Å²) in [6.45, 7) is 6.38. The Bertz CT molecular complexity index is 349. The zero-order chi connectivity index (χ0) is 11.8. The van der Waals surface area contributed by atoms with Crippen LogP contribution in [0.15, 0.2) is 24.3 Å². The van der Waals surface area contributed by atoms with Crippen molar-refractivity contribution in [2.75, 3.05) is 13.1 Å². The lowest BCUT2D eigenvalue weighted by Gasteiger charge is -2.45. The van der Waals surface area contributed by atoms with E-state index in [0.29, 0.717) is 5.92 Å². The highest BCUT2D eigenvalue weighted by Gasteiger charge is 2.36. The van der Waals surface area contributed by atoms with Crippen molar-refractivity contribution < 1.29 is 9.50 Å². The van der Waals surface area contributed by atoms with Gasteiger partial charge in [-0.15, -0.1) is 0 Å². The molecular weight excluding hydrogens is 205 g/mol. The van der Waals surface area contributed by atoms with Gasteiger partial charge in [0.1, 0.15) is 5.82 Å². The molecule has 1 aromatic rings. The van der Waals surface area contributed by atoms with Crippen molar-refractivity contribution in [2.24, 2.45) is 5.92 Å². The van der Waals surface area contributed by atoms with E-state index < -0.39 is 5.60 Å². The minimum atomic E-state index is -0.584. The van der Waals surface area contributed by atoms with E-state index in [-0.39, 0.29) is 5.82 Å². The Hall–Kier alpha value is -0.930. The molecule has 0 atom stereocenters. The molecule has 1 fully saturated rings. The van der Waals surface area contributed by atoms with Gasteiger partial charge in [0.25, 0.3) is 0 Å². The fraction of sp³-hybridized carbons (Fsp3) is 0.538. The molecule has 1 heterocycles. The number of halogens is 1. The number of hydrogen-bond acceptors (Lipinski definition) is 2. The summed E-state index contributed by atoms with van der Waals surface area (Å²) in [5.41, 5.74) is 0.537. The van der Waals surface area contributed by atoms with Crippen molar-refractivity contribution in [1.82, 2.24) is 4.90 Å². The highest BCUT2D eigenvalue weighted by Crippen LogP contribution is 2.27. The maximum absolute atomic E-state index is 12.7. The number of benzene rings is 1. The van der Waals surface area contributed by atoms with Gasteiger partial charge in [-0.05, 0) is 31.5 Å². The highest BCUT2D eigenvalue weighted by molar-refractivity contribution is 5.16. The number of hydrogen-bond donors (Lipinski definition) is 1. The normalized spacial score (nSPS) is 18.5. The molecule has 1 aliphatic heterocycles. The average molecular weight is 223 g/mol. The summed E-state index contributed by atoms with van der Waals surface area (Å²) in [5, 5.41) is 9.78. The second-order valence-electron chi connectivity index (χ2n) is 5.17. The van der Waals surface area contributed by atoms with E-state index >= 15 is 0 Å². The van der Waals surface area contributed by atoms with Crippen LogP contribution in [0.25, 0.3) is 0 Å². The van der Waals surface area contributed by atoms with Crippen LogP contribution in [0.3, 0.4) is 0 Å². The van der Waals surface area contributed by atoms with Crippen LogP contribution < -0.4 is 0 Å². The lowest BCUT2D eigenvalue weighted by Crippen LogP contribution is -2.55. The van der Waals surface area contributed by atoms with Crippen LogP contribution in [0.5, 0.6) is 0 Å². The largest absolute Gasteiger partial charge is 0.390 e. The third-order valence-electron chi connectivity index (χ3n) is 3.28. The van der Waals surface area contributed by atoms with Gasteiger partial charge in [0.2, 0.25) is 0 Å². The first-order valence-electron chi connectivity index (χ1n) is 5.64. The molecular formula is C13H18FNO. The molecule has 0 aromatic heterocycles. The Balaban J connectivity index is 1.84. The van der Waals surface area contributed by atoms with Crippen molar-refractivity contribution in [3.63, 3.8) is 0 Å². The van der Waals surface area contributed by atoms with Crippen LogP contribution in [0.1, 0.15) is 19.4 Å². The van der Waals surface area contributed by atoms with Crippen molar-refractivity contribution >= 4 is 0 Å².